The molecule has 30 heavy (non-hydrogen) atoms. The van der Waals surface area contributed by atoms with E-state index in [1.54, 1.807) is 13.8 Å². The summed E-state index contributed by atoms with van der Waals surface area (Å²) in [5.74, 6) is -0.456. The van der Waals surface area contributed by atoms with Gasteiger partial charge in [-0.05, 0) is 43.0 Å². The number of carbonyl (C=O) groups excluding carboxylic acids is 1. The quantitative estimate of drug-likeness (QED) is 0.359. The molecule has 154 valence electrons. The summed E-state index contributed by atoms with van der Waals surface area (Å²) in [6.07, 6.45) is 2.26. The van der Waals surface area contributed by atoms with Crippen molar-refractivity contribution in [1.82, 2.24) is 9.55 Å². The van der Waals surface area contributed by atoms with Gasteiger partial charge in [0.15, 0.2) is 0 Å². The van der Waals surface area contributed by atoms with Gasteiger partial charge in [-0.25, -0.2) is 14.6 Å². The third-order valence-electron chi connectivity index (χ3n) is 5.02. The molecular weight excluding hydrogens is 404 g/mol. The maximum absolute atomic E-state index is 13.1. The zero-order chi connectivity index (χ0) is 21.4. The molecule has 0 aliphatic carbocycles. The lowest BCUT2D eigenvalue weighted by atomic mass is 10.1. The van der Waals surface area contributed by atoms with Crippen LogP contribution >= 0.6 is 11.3 Å². The van der Waals surface area contributed by atoms with E-state index in [0.29, 0.717) is 31.8 Å². The second-order valence-electron chi connectivity index (χ2n) is 6.91. The summed E-state index contributed by atoms with van der Waals surface area (Å²) >= 11 is 1.15. The lowest BCUT2D eigenvalue weighted by molar-refractivity contribution is 0.0531. The summed E-state index contributed by atoms with van der Waals surface area (Å²) < 4.78 is 11.9. The third-order valence-corrected chi connectivity index (χ3v) is 6.20. The number of nitrogens with zero attached hydrogens (tertiary/aromatic N) is 2. The van der Waals surface area contributed by atoms with Gasteiger partial charge >= 0.3 is 11.6 Å². The molecule has 0 fully saturated rings. The fourth-order valence-corrected chi connectivity index (χ4v) is 4.50. The number of carbonyl (C=O) groups is 1. The van der Waals surface area contributed by atoms with E-state index in [1.165, 1.54) is 17.0 Å². The van der Waals surface area contributed by atoms with Crippen LogP contribution in [0.1, 0.15) is 40.2 Å². The van der Waals surface area contributed by atoms with Gasteiger partial charge in [0, 0.05) is 11.5 Å². The number of hydrogen-bond acceptors (Lipinski definition) is 7. The Morgan fingerprint density at radius 2 is 2.03 bits per heavy atom. The number of ether oxygens (including phenoxy) is 1. The fourth-order valence-electron chi connectivity index (χ4n) is 3.47. The van der Waals surface area contributed by atoms with E-state index in [1.807, 2.05) is 25.1 Å². The Morgan fingerprint density at radius 3 is 2.77 bits per heavy atom. The highest BCUT2D eigenvalue weighted by Crippen LogP contribution is 2.27. The van der Waals surface area contributed by atoms with Crippen molar-refractivity contribution in [1.29, 1.82) is 0 Å². The number of esters is 1. The molecule has 0 N–H and O–H groups in total. The van der Waals surface area contributed by atoms with E-state index in [4.69, 9.17) is 9.15 Å². The van der Waals surface area contributed by atoms with Crippen LogP contribution in [0, 0.1) is 6.92 Å². The second kappa shape index (κ2) is 7.87. The van der Waals surface area contributed by atoms with Crippen molar-refractivity contribution >= 4 is 38.5 Å². The van der Waals surface area contributed by atoms with Crippen LogP contribution in [0.2, 0.25) is 0 Å². The highest BCUT2D eigenvalue weighted by molar-refractivity contribution is 7.20. The maximum Gasteiger partial charge on any atom is 0.348 e. The molecule has 0 spiro atoms. The molecule has 0 amide bonds. The summed E-state index contributed by atoms with van der Waals surface area (Å²) in [4.78, 5) is 42.6. The van der Waals surface area contributed by atoms with E-state index in [9.17, 15) is 14.4 Å². The zero-order valence-electron chi connectivity index (χ0n) is 16.9. The molecule has 3 heterocycles. The molecule has 0 bridgehead atoms. The predicted octanol–water partition coefficient (Wildman–Crippen LogP) is 3.66. The molecule has 0 radical (unpaired) electrons. The van der Waals surface area contributed by atoms with Gasteiger partial charge in [0.05, 0.1) is 24.9 Å². The van der Waals surface area contributed by atoms with Crippen LogP contribution in [-0.2, 0) is 17.7 Å². The first-order valence-electron chi connectivity index (χ1n) is 9.64. The van der Waals surface area contributed by atoms with Crippen molar-refractivity contribution in [2.75, 3.05) is 6.61 Å². The number of benzene rings is 1. The van der Waals surface area contributed by atoms with Gasteiger partial charge in [-0.15, -0.1) is 11.3 Å². The van der Waals surface area contributed by atoms with Gasteiger partial charge < -0.3 is 9.15 Å². The Balaban J connectivity index is 1.83. The smallest absolute Gasteiger partial charge is 0.348 e. The summed E-state index contributed by atoms with van der Waals surface area (Å²) in [5.41, 5.74) is 2.05. The molecule has 0 aliphatic heterocycles. The molecule has 4 rings (SSSR count). The van der Waals surface area contributed by atoms with Gasteiger partial charge in [0.2, 0.25) is 0 Å². The minimum atomic E-state index is -0.468. The molecule has 7 nitrogen and oxygen atoms in total. The van der Waals surface area contributed by atoms with Gasteiger partial charge in [-0.1, -0.05) is 19.1 Å². The van der Waals surface area contributed by atoms with E-state index >= 15 is 0 Å². The lowest BCUT2D eigenvalue weighted by Crippen LogP contribution is -2.22. The van der Waals surface area contributed by atoms with Crippen molar-refractivity contribution in [2.24, 2.45) is 0 Å². The highest BCUT2D eigenvalue weighted by atomic mass is 32.1. The molecule has 1 aromatic carbocycles. The summed E-state index contributed by atoms with van der Waals surface area (Å²) in [6, 6.07) is 7.12. The Hall–Kier alpha value is -3.26. The van der Waals surface area contributed by atoms with Gasteiger partial charge in [-0.2, -0.15) is 0 Å². The lowest BCUT2D eigenvalue weighted by Gasteiger charge is -2.09. The number of fused-ring (bicyclic) bond motifs is 2. The van der Waals surface area contributed by atoms with E-state index in [-0.39, 0.29) is 18.7 Å². The first-order valence-corrected chi connectivity index (χ1v) is 10.5. The summed E-state index contributed by atoms with van der Waals surface area (Å²) in [6.45, 7) is 5.90. The number of aryl methyl sites for hydroxylation is 2. The standard InChI is InChI=1S/C22H20N2O5S/c1-4-13-6-7-15-14(9-17(25)29-16(15)8-13)10-24-11-23-20-18(21(24)26)12(3)19(30-20)22(27)28-5-2/h6-9,11H,4-5,10H2,1-3H3. The van der Waals surface area contributed by atoms with Crippen LogP contribution in [0.3, 0.4) is 0 Å². The molecular formula is C22H20N2O5S. The Labute approximate surface area is 175 Å². The Kier molecular flexibility index (Phi) is 5.26. The van der Waals surface area contributed by atoms with Gasteiger partial charge in [-0.3, -0.25) is 9.36 Å². The first-order chi connectivity index (χ1) is 14.4. The van der Waals surface area contributed by atoms with Crippen LogP contribution in [-0.4, -0.2) is 22.1 Å². The van der Waals surface area contributed by atoms with E-state index < -0.39 is 11.6 Å². The van der Waals surface area contributed by atoms with Crippen molar-refractivity contribution in [3.63, 3.8) is 0 Å². The molecule has 0 unspecified atom stereocenters. The van der Waals surface area contributed by atoms with E-state index in [0.717, 1.165) is 28.7 Å². The third kappa shape index (κ3) is 3.43. The van der Waals surface area contributed by atoms with Crippen LogP contribution < -0.4 is 11.2 Å². The molecule has 8 heteroatoms. The monoisotopic (exact) mass is 424 g/mol. The molecule has 0 saturated carbocycles. The number of hydrogen-bond donors (Lipinski definition) is 0. The Morgan fingerprint density at radius 1 is 1.23 bits per heavy atom. The summed E-state index contributed by atoms with van der Waals surface area (Å²) in [5, 5.41) is 1.17. The molecule has 4 aromatic rings. The van der Waals surface area contributed by atoms with Gasteiger partial charge in [0.25, 0.3) is 5.56 Å². The maximum atomic E-state index is 13.1. The minimum Gasteiger partial charge on any atom is -0.462 e. The highest BCUT2D eigenvalue weighted by Gasteiger charge is 2.20. The SMILES string of the molecule is CCOC(=O)c1sc2ncn(Cc3cc(=O)oc4cc(CC)ccc34)c(=O)c2c1C. The topological polar surface area (TPSA) is 91.4 Å². The predicted molar refractivity (Wildman–Crippen MR) is 116 cm³/mol. The fraction of sp³-hybridized carbons (Fsp3) is 0.273. The van der Waals surface area contributed by atoms with Crippen molar-refractivity contribution in [3.8, 4) is 0 Å². The average molecular weight is 424 g/mol. The molecule has 0 aliphatic rings. The van der Waals surface area contributed by atoms with Gasteiger partial charge in [0.1, 0.15) is 15.3 Å². The molecule has 0 saturated heterocycles. The first kappa shape index (κ1) is 20.0. The number of aromatic nitrogens is 2. The Bertz CT molecular complexity index is 1400. The van der Waals surface area contributed by atoms with Crippen LogP contribution in [0.4, 0.5) is 0 Å². The number of rotatable bonds is 5. The van der Waals surface area contributed by atoms with Crippen LogP contribution in [0.25, 0.3) is 21.2 Å². The van der Waals surface area contributed by atoms with Crippen LogP contribution in [0.15, 0.2) is 44.6 Å². The summed E-state index contributed by atoms with van der Waals surface area (Å²) in [7, 11) is 0. The van der Waals surface area contributed by atoms with E-state index in [2.05, 4.69) is 4.98 Å². The molecule has 3 aromatic heterocycles. The van der Waals surface area contributed by atoms with Crippen molar-refractivity contribution in [2.45, 2.75) is 33.7 Å². The number of thiophene rings is 1. The van der Waals surface area contributed by atoms with Crippen molar-refractivity contribution in [3.05, 3.63) is 72.9 Å². The largest absolute Gasteiger partial charge is 0.462 e. The normalized spacial score (nSPS) is 11.3. The average Bonchev–Trinajstić information content (AvgIpc) is 3.07. The van der Waals surface area contributed by atoms with Crippen LogP contribution in [0.5, 0.6) is 0 Å². The minimum absolute atomic E-state index is 0.166. The zero-order valence-corrected chi connectivity index (χ0v) is 17.7. The molecule has 0 atom stereocenters. The van der Waals surface area contributed by atoms with Crippen molar-refractivity contribution < 1.29 is 13.9 Å². The second-order valence-corrected chi connectivity index (χ2v) is 7.91.